The number of nitrogens with zero attached hydrogens (tertiary/aromatic N) is 2. The van der Waals surface area contributed by atoms with E-state index in [1.54, 1.807) is 0 Å². The smallest absolute Gasteiger partial charge is 0.0642 e. The number of anilines is 1. The third-order valence-corrected chi connectivity index (χ3v) is 4.86. The van der Waals surface area contributed by atoms with E-state index in [9.17, 15) is 0 Å². The summed E-state index contributed by atoms with van der Waals surface area (Å²) in [6.45, 7) is 7.73. The summed E-state index contributed by atoms with van der Waals surface area (Å²) in [7, 11) is 2.23. The predicted molar refractivity (Wildman–Crippen MR) is 86.7 cm³/mol. The van der Waals surface area contributed by atoms with Crippen LogP contribution in [0.4, 0.5) is 5.69 Å². The molecule has 2 N–H and O–H groups in total. The summed E-state index contributed by atoms with van der Waals surface area (Å²) in [5, 5.41) is 0. The van der Waals surface area contributed by atoms with Gasteiger partial charge < -0.3 is 15.4 Å². The molecule has 0 saturated carbocycles. The maximum Gasteiger partial charge on any atom is 0.0642 e. The molecule has 0 radical (unpaired) electrons. The number of benzene rings is 1. The van der Waals surface area contributed by atoms with Gasteiger partial charge >= 0.3 is 0 Å². The molecule has 4 nitrogen and oxygen atoms in total. The average molecular weight is 289 g/mol. The zero-order chi connectivity index (χ0) is 14.8. The van der Waals surface area contributed by atoms with E-state index in [0.717, 1.165) is 39.4 Å². The highest BCUT2D eigenvalue weighted by atomic mass is 16.5. The molecule has 2 saturated heterocycles. The van der Waals surface area contributed by atoms with E-state index in [1.807, 2.05) is 0 Å². The van der Waals surface area contributed by atoms with Crippen molar-refractivity contribution >= 4 is 5.69 Å². The Labute approximate surface area is 127 Å². The molecule has 3 rings (SSSR count). The maximum atomic E-state index is 5.89. The molecule has 21 heavy (non-hydrogen) atoms. The lowest BCUT2D eigenvalue weighted by Crippen LogP contribution is -2.37. The molecule has 1 aromatic carbocycles. The van der Waals surface area contributed by atoms with Crippen molar-refractivity contribution in [3.8, 4) is 0 Å². The minimum absolute atomic E-state index is 0.497. The molecular formula is C17H27N3O. The topological polar surface area (TPSA) is 41.7 Å². The first kappa shape index (κ1) is 14.8. The Kier molecular flexibility index (Phi) is 4.48. The van der Waals surface area contributed by atoms with Crippen LogP contribution in [0.25, 0.3) is 0 Å². The molecule has 2 heterocycles. The number of rotatable bonds is 3. The van der Waals surface area contributed by atoms with Crippen molar-refractivity contribution < 1.29 is 4.74 Å². The van der Waals surface area contributed by atoms with Crippen molar-refractivity contribution in [3.63, 3.8) is 0 Å². The highest BCUT2D eigenvalue weighted by molar-refractivity contribution is 5.57. The predicted octanol–water partition coefficient (Wildman–Crippen LogP) is 1.78. The van der Waals surface area contributed by atoms with Crippen LogP contribution in [0.15, 0.2) is 18.2 Å². The number of hydrogen-bond donors (Lipinski definition) is 1. The van der Waals surface area contributed by atoms with Gasteiger partial charge in [0.1, 0.15) is 0 Å². The second kappa shape index (κ2) is 6.34. The number of ether oxygens (including phenoxy) is 1. The summed E-state index contributed by atoms with van der Waals surface area (Å²) in [5.41, 5.74) is 10.1. The van der Waals surface area contributed by atoms with Crippen molar-refractivity contribution in [1.29, 1.82) is 0 Å². The lowest BCUT2D eigenvalue weighted by Gasteiger charge is -2.33. The highest BCUT2D eigenvalue weighted by Gasteiger charge is 2.32. The molecular weight excluding hydrogens is 262 g/mol. The Morgan fingerprint density at radius 2 is 2.05 bits per heavy atom. The second-order valence-electron chi connectivity index (χ2n) is 6.45. The molecule has 2 atom stereocenters. The summed E-state index contributed by atoms with van der Waals surface area (Å²) in [4.78, 5) is 4.94. The molecule has 2 unspecified atom stereocenters. The van der Waals surface area contributed by atoms with E-state index in [-0.39, 0.29) is 0 Å². The van der Waals surface area contributed by atoms with Gasteiger partial charge in [-0.25, -0.2) is 0 Å². The van der Waals surface area contributed by atoms with Gasteiger partial charge in [0.15, 0.2) is 0 Å². The lowest BCUT2D eigenvalue weighted by molar-refractivity contribution is 0.122. The van der Waals surface area contributed by atoms with Gasteiger partial charge in [-0.2, -0.15) is 0 Å². The first-order valence-electron chi connectivity index (χ1n) is 8.02. The Bertz CT molecular complexity index is 485. The molecule has 4 heteroatoms. The third-order valence-electron chi connectivity index (χ3n) is 4.86. The number of nitrogens with two attached hydrogens (primary N) is 1. The fraction of sp³-hybridized carbons (Fsp3) is 0.647. The first-order valence-corrected chi connectivity index (χ1v) is 8.02. The summed E-state index contributed by atoms with van der Waals surface area (Å²) in [6, 6.07) is 7.38. The number of hydrogen-bond acceptors (Lipinski definition) is 4. The minimum Gasteiger partial charge on any atom is -0.378 e. The maximum absolute atomic E-state index is 5.89. The van der Waals surface area contributed by atoms with Crippen LogP contribution in [0.3, 0.4) is 0 Å². The van der Waals surface area contributed by atoms with Crippen molar-refractivity contribution in [2.75, 3.05) is 51.3 Å². The fourth-order valence-corrected chi connectivity index (χ4v) is 3.67. The zero-order valence-electron chi connectivity index (χ0n) is 13.2. The van der Waals surface area contributed by atoms with Gasteiger partial charge in [-0.15, -0.1) is 0 Å². The average Bonchev–Trinajstić information content (AvgIpc) is 2.89. The van der Waals surface area contributed by atoms with Crippen molar-refractivity contribution in [2.24, 2.45) is 11.7 Å². The molecule has 0 aliphatic carbocycles. The van der Waals surface area contributed by atoms with Gasteiger partial charge in [0, 0.05) is 31.4 Å². The molecule has 0 bridgehead atoms. The van der Waals surface area contributed by atoms with Crippen LogP contribution in [0.5, 0.6) is 0 Å². The monoisotopic (exact) mass is 289 g/mol. The Morgan fingerprint density at radius 1 is 1.29 bits per heavy atom. The van der Waals surface area contributed by atoms with Crippen molar-refractivity contribution in [2.45, 2.75) is 19.4 Å². The minimum atomic E-state index is 0.497. The van der Waals surface area contributed by atoms with E-state index in [0.29, 0.717) is 12.0 Å². The van der Waals surface area contributed by atoms with Gasteiger partial charge in [-0.3, -0.25) is 4.90 Å². The molecule has 1 aromatic rings. The summed E-state index contributed by atoms with van der Waals surface area (Å²) in [6.07, 6.45) is 1.17. The number of likely N-dealkylation sites (tertiary alicyclic amines) is 1. The van der Waals surface area contributed by atoms with Crippen LogP contribution in [0.2, 0.25) is 0 Å². The van der Waals surface area contributed by atoms with Crippen LogP contribution in [0, 0.1) is 12.8 Å². The van der Waals surface area contributed by atoms with Gasteiger partial charge in [0.25, 0.3) is 0 Å². The summed E-state index contributed by atoms with van der Waals surface area (Å²) >= 11 is 0. The van der Waals surface area contributed by atoms with Crippen LogP contribution < -0.4 is 10.6 Å². The number of aryl methyl sites for hydroxylation is 1. The van der Waals surface area contributed by atoms with Gasteiger partial charge in [0.2, 0.25) is 0 Å². The molecule has 2 fully saturated rings. The molecule has 0 amide bonds. The largest absolute Gasteiger partial charge is 0.378 e. The molecule has 0 spiro atoms. The number of morpholine rings is 1. The summed E-state index contributed by atoms with van der Waals surface area (Å²) in [5.74, 6) is 0.623. The van der Waals surface area contributed by atoms with Crippen LogP contribution >= 0.6 is 0 Å². The third kappa shape index (κ3) is 3.07. The van der Waals surface area contributed by atoms with E-state index in [4.69, 9.17) is 10.5 Å². The Hall–Kier alpha value is -1.10. The van der Waals surface area contributed by atoms with E-state index in [1.165, 1.54) is 23.2 Å². The van der Waals surface area contributed by atoms with Gasteiger partial charge in [-0.1, -0.05) is 17.7 Å². The van der Waals surface area contributed by atoms with Crippen molar-refractivity contribution in [3.05, 3.63) is 29.3 Å². The van der Waals surface area contributed by atoms with Gasteiger partial charge in [-0.05, 0) is 44.5 Å². The fourth-order valence-electron chi connectivity index (χ4n) is 3.67. The Morgan fingerprint density at radius 3 is 2.71 bits per heavy atom. The molecule has 0 aromatic heterocycles. The van der Waals surface area contributed by atoms with Crippen LogP contribution in [0.1, 0.15) is 23.6 Å². The molecule has 2 aliphatic rings. The quantitative estimate of drug-likeness (QED) is 0.921. The van der Waals surface area contributed by atoms with Crippen molar-refractivity contribution in [1.82, 2.24) is 4.90 Å². The summed E-state index contributed by atoms with van der Waals surface area (Å²) < 4.78 is 5.50. The standard InChI is InChI=1S/C17H27N3O/c1-13-3-4-16(20-5-7-21-8-6-20)15(9-13)17-10-14(11-18)12-19(17)2/h3-4,9,14,17H,5-8,10-12,18H2,1-2H3. The van der Waals surface area contributed by atoms with Crippen LogP contribution in [-0.4, -0.2) is 51.3 Å². The Balaban J connectivity index is 1.91. The SMILES string of the molecule is Cc1ccc(N2CCOCC2)c(C2CC(CN)CN2C)c1. The molecule has 116 valence electrons. The normalized spacial score (nSPS) is 27.3. The first-order chi connectivity index (χ1) is 10.2. The highest BCUT2D eigenvalue weighted by Crippen LogP contribution is 2.39. The van der Waals surface area contributed by atoms with Gasteiger partial charge in [0.05, 0.1) is 13.2 Å². The van der Waals surface area contributed by atoms with Crippen LogP contribution in [-0.2, 0) is 4.74 Å². The van der Waals surface area contributed by atoms with E-state index in [2.05, 4.69) is 42.0 Å². The van der Waals surface area contributed by atoms with E-state index >= 15 is 0 Å². The molecule has 2 aliphatic heterocycles. The zero-order valence-corrected chi connectivity index (χ0v) is 13.2. The lowest BCUT2D eigenvalue weighted by atomic mass is 9.96. The van der Waals surface area contributed by atoms with E-state index < -0.39 is 0 Å². The second-order valence-corrected chi connectivity index (χ2v) is 6.45.